The summed E-state index contributed by atoms with van der Waals surface area (Å²) in [5, 5.41) is 3.55. The van der Waals surface area contributed by atoms with Gasteiger partial charge in [0.05, 0.1) is 0 Å². The van der Waals surface area contributed by atoms with Crippen molar-refractivity contribution in [3.63, 3.8) is 0 Å². The van der Waals surface area contributed by atoms with Crippen molar-refractivity contribution in [3.8, 4) is 0 Å². The number of likely N-dealkylation sites (tertiary alicyclic amines) is 1. The summed E-state index contributed by atoms with van der Waals surface area (Å²) in [6.45, 7) is 3.35. The number of hydrogen-bond acceptors (Lipinski definition) is 1. The Morgan fingerprint density at radius 1 is 1.18 bits per heavy atom. The van der Waals surface area contributed by atoms with E-state index in [-0.39, 0.29) is 0 Å². The van der Waals surface area contributed by atoms with Crippen LogP contribution in [-0.2, 0) is 6.42 Å². The number of hydrogen-bond donors (Lipinski definition) is 1. The van der Waals surface area contributed by atoms with Gasteiger partial charge in [-0.1, -0.05) is 43.2 Å². The molecule has 3 rings (SSSR count). The summed E-state index contributed by atoms with van der Waals surface area (Å²) in [7, 11) is 1.91. The van der Waals surface area contributed by atoms with Crippen molar-refractivity contribution >= 4 is 5.96 Å². The quantitative estimate of drug-likeness (QED) is 0.496. The van der Waals surface area contributed by atoms with Crippen molar-refractivity contribution in [1.82, 2.24) is 10.2 Å². The molecule has 3 heteroatoms. The molecule has 22 heavy (non-hydrogen) atoms. The van der Waals surface area contributed by atoms with E-state index in [9.17, 15) is 0 Å². The second kappa shape index (κ2) is 7.66. The van der Waals surface area contributed by atoms with Crippen molar-refractivity contribution in [2.24, 2.45) is 16.8 Å². The SMILES string of the molecule is CN=C(NCCCC1CC1)N1CCC(Cc2ccccc2)C1. The Morgan fingerprint density at radius 3 is 2.73 bits per heavy atom. The summed E-state index contributed by atoms with van der Waals surface area (Å²) >= 11 is 0. The van der Waals surface area contributed by atoms with Crippen LogP contribution in [0.15, 0.2) is 35.3 Å². The third kappa shape index (κ3) is 4.49. The lowest BCUT2D eigenvalue weighted by Crippen LogP contribution is -2.40. The van der Waals surface area contributed by atoms with Gasteiger partial charge in [0.1, 0.15) is 0 Å². The molecule has 0 bridgehead atoms. The van der Waals surface area contributed by atoms with Crippen LogP contribution in [-0.4, -0.2) is 37.5 Å². The minimum atomic E-state index is 0.757. The van der Waals surface area contributed by atoms with Gasteiger partial charge in [-0.15, -0.1) is 0 Å². The first-order valence-corrected chi connectivity index (χ1v) is 8.84. The summed E-state index contributed by atoms with van der Waals surface area (Å²) in [5.74, 6) is 2.89. The van der Waals surface area contributed by atoms with Crippen LogP contribution in [0.2, 0.25) is 0 Å². The number of nitrogens with zero attached hydrogens (tertiary/aromatic N) is 2. The van der Waals surface area contributed by atoms with Crippen LogP contribution in [0, 0.1) is 11.8 Å². The molecule has 0 radical (unpaired) electrons. The van der Waals surface area contributed by atoms with Crippen LogP contribution in [0.5, 0.6) is 0 Å². The lowest BCUT2D eigenvalue weighted by atomic mass is 9.99. The highest BCUT2D eigenvalue weighted by Gasteiger charge is 2.25. The summed E-state index contributed by atoms with van der Waals surface area (Å²) in [6, 6.07) is 10.9. The normalized spacial score (nSPS) is 22.1. The summed E-state index contributed by atoms with van der Waals surface area (Å²) in [4.78, 5) is 6.91. The number of aliphatic imine (C=N–C) groups is 1. The highest BCUT2D eigenvalue weighted by atomic mass is 15.3. The van der Waals surface area contributed by atoms with Gasteiger partial charge < -0.3 is 10.2 Å². The molecule has 3 nitrogen and oxygen atoms in total. The first-order chi connectivity index (χ1) is 10.8. The van der Waals surface area contributed by atoms with Crippen LogP contribution in [0.1, 0.15) is 37.7 Å². The standard InChI is InChI=1S/C19H29N3/c1-20-19(21-12-5-8-16-9-10-16)22-13-11-18(15-22)14-17-6-3-2-4-7-17/h2-4,6-7,16,18H,5,8-15H2,1H3,(H,20,21). The van der Waals surface area contributed by atoms with Crippen molar-refractivity contribution in [3.05, 3.63) is 35.9 Å². The molecule has 1 aliphatic heterocycles. The van der Waals surface area contributed by atoms with Gasteiger partial charge in [-0.3, -0.25) is 4.99 Å². The Bertz CT molecular complexity index is 479. The molecular weight excluding hydrogens is 270 g/mol. The fourth-order valence-corrected chi connectivity index (χ4v) is 3.47. The molecule has 0 amide bonds. The maximum absolute atomic E-state index is 4.48. The molecule has 1 aromatic carbocycles. The van der Waals surface area contributed by atoms with E-state index in [1.54, 1.807) is 0 Å². The Balaban J connectivity index is 1.41. The van der Waals surface area contributed by atoms with Gasteiger partial charge in [-0.05, 0) is 43.1 Å². The molecule has 1 saturated heterocycles. The Labute approximate surface area is 134 Å². The molecule has 1 saturated carbocycles. The molecule has 2 aliphatic rings. The molecule has 1 unspecified atom stereocenters. The second-order valence-electron chi connectivity index (χ2n) is 6.85. The zero-order valence-corrected chi connectivity index (χ0v) is 13.8. The predicted molar refractivity (Wildman–Crippen MR) is 93.1 cm³/mol. The van der Waals surface area contributed by atoms with Crippen molar-refractivity contribution in [2.75, 3.05) is 26.7 Å². The topological polar surface area (TPSA) is 27.6 Å². The van der Waals surface area contributed by atoms with Gasteiger partial charge in [0, 0.05) is 26.7 Å². The Kier molecular flexibility index (Phi) is 5.36. The molecule has 120 valence electrons. The summed E-state index contributed by atoms with van der Waals surface area (Å²) < 4.78 is 0. The molecular formula is C19H29N3. The number of benzene rings is 1. The smallest absolute Gasteiger partial charge is 0.193 e. The van der Waals surface area contributed by atoms with E-state index >= 15 is 0 Å². The highest BCUT2D eigenvalue weighted by molar-refractivity contribution is 5.80. The van der Waals surface area contributed by atoms with Gasteiger partial charge in [-0.2, -0.15) is 0 Å². The molecule has 0 spiro atoms. The Hall–Kier alpha value is -1.51. The highest BCUT2D eigenvalue weighted by Crippen LogP contribution is 2.33. The molecule has 1 aliphatic carbocycles. The zero-order valence-electron chi connectivity index (χ0n) is 13.8. The minimum absolute atomic E-state index is 0.757. The molecule has 1 atom stereocenters. The molecule has 1 N–H and O–H groups in total. The molecule has 1 aromatic rings. The lowest BCUT2D eigenvalue weighted by Gasteiger charge is -2.21. The minimum Gasteiger partial charge on any atom is -0.356 e. The van der Waals surface area contributed by atoms with Gasteiger partial charge in [0.2, 0.25) is 0 Å². The Morgan fingerprint density at radius 2 is 2.00 bits per heavy atom. The van der Waals surface area contributed by atoms with Gasteiger partial charge in [0.25, 0.3) is 0 Å². The summed E-state index contributed by atoms with van der Waals surface area (Å²) in [6.07, 6.45) is 8.06. The van der Waals surface area contributed by atoms with E-state index in [1.807, 2.05) is 7.05 Å². The van der Waals surface area contributed by atoms with Crippen LogP contribution in [0.4, 0.5) is 0 Å². The average molecular weight is 299 g/mol. The number of nitrogens with one attached hydrogen (secondary N) is 1. The van der Waals surface area contributed by atoms with Crippen LogP contribution < -0.4 is 5.32 Å². The third-order valence-electron chi connectivity index (χ3n) is 4.93. The van der Waals surface area contributed by atoms with E-state index < -0.39 is 0 Å². The maximum atomic E-state index is 4.48. The van der Waals surface area contributed by atoms with Crippen molar-refractivity contribution in [1.29, 1.82) is 0 Å². The number of rotatable bonds is 6. The van der Waals surface area contributed by atoms with Gasteiger partial charge in [0.15, 0.2) is 5.96 Å². The van der Waals surface area contributed by atoms with E-state index in [4.69, 9.17) is 0 Å². The van der Waals surface area contributed by atoms with E-state index in [0.717, 1.165) is 37.4 Å². The second-order valence-corrected chi connectivity index (χ2v) is 6.85. The van der Waals surface area contributed by atoms with Crippen LogP contribution >= 0.6 is 0 Å². The predicted octanol–water partition coefficient (Wildman–Crippen LogP) is 3.32. The molecule has 2 fully saturated rings. The van der Waals surface area contributed by atoms with E-state index in [2.05, 4.69) is 45.5 Å². The first-order valence-electron chi connectivity index (χ1n) is 8.84. The average Bonchev–Trinajstić information content (AvgIpc) is 3.27. The third-order valence-corrected chi connectivity index (χ3v) is 4.93. The lowest BCUT2D eigenvalue weighted by molar-refractivity contribution is 0.458. The van der Waals surface area contributed by atoms with Crippen molar-refractivity contribution < 1.29 is 0 Å². The molecule has 1 heterocycles. The first kappa shape index (κ1) is 15.4. The van der Waals surface area contributed by atoms with E-state index in [0.29, 0.717) is 0 Å². The molecule has 0 aromatic heterocycles. The largest absolute Gasteiger partial charge is 0.356 e. The van der Waals surface area contributed by atoms with Gasteiger partial charge >= 0.3 is 0 Å². The van der Waals surface area contributed by atoms with Crippen molar-refractivity contribution in [2.45, 2.75) is 38.5 Å². The fourth-order valence-electron chi connectivity index (χ4n) is 3.47. The zero-order chi connectivity index (χ0) is 15.2. The number of guanidine groups is 1. The fraction of sp³-hybridized carbons (Fsp3) is 0.632. The van der Waals surface area contributed by atoms with Crippen LogP contribution in [0.25, 0.3) is 0 Å². The summed E-state index contributed by atoms with van der Waals surface area (Å²) in [5.41, 5.74) is 1.46. The monoisotopic (exact) mass is 299 g/mol. The van der Waals surface area contributed by atoms with E-state index in [1.165, 1.54) is 44.1 Å². The van der Waals surface area contributed by atoms with Crippen LogP contribution in [0.3, 0.4) is 0 Å². The maximum Gasteiger partial charge on any atom is 0.193 e. The van der Waals surface area contributed by atoms with Gasteiger partial charge in [-0.25, -0.2) is 0 Å².